The van der Waals surface area contributed by atoms with Gasteiger partial charge in [0, 0.05) is 12.2 Å². The maximum atomic E-state index is 4.09. The summed E-state index contributed by atoms with van der Waals surface area (Å²) in [6.45, 7) is 13.4. The fourth-order valence-corrected chi connectivity index (χ4v) is 1.62. The summed E-state index contributed by atoms with van der Waals surface area (Å²) in [5.74, 6) is 1.57. The van der Waals surface area contributed by atoms with E-state index in [-0.39, 0.29) is 0 Å². The van der Waals surface area contributed by atoms with E-state index in [1.165, 1.54) is 24.8 Å². The highest BCUT2D eigenvalue weighted by molar-refractivity contribution is 5.25. The number of rotatable bonds is 6. The second-order valence-electron chi connectivity index (χ2n) is 4.11. The van der Waals surface area contributed by atoms with Gasteiger partial charge in [0.2, 0.25) is 0 Å². The molecule has 0 aliphatic heterocycles. The van der Waals surface area contributed by atoms with Crippen LogP contribution in [0.1, 0.15) is 33.1 Å². The van der Waals surface area contributed by atoms with Gasteiger partial charge >= 0.3 is 0 Å². The lowest BCUT2D eigenvalue weighted by atomic mass is 9.94. The van der Waals surface area contributed by atoms with Crippen LogP contribution in [0.15, 0.2) is 24.4 Å². The molecule has 13 heavy (non-hydrogen) atoms. The van der Waals surface area contributed by atoms with Crippen LogP contribution in [-0.4, -0.2) is 6.54 Å². The van der Waals surface area contributed by atoms with Crippen molar-refractivity contribution >= 4 is 0 Å². The van der Waals surface area contributed by atoms with Crippen LogP contribution in [-0.2, 0) is 0 Å². The Hall–Kier alpha value is -0.720. The van der Waals surface area contributed by atoms with E-state index in [0.717, 1.165) is 18.2 Å². The Morgan fingerprint density at radius 3 is 2.54 bits per heavy atom. The van der Waals surface area contributed by atoms with Gasteiger partial charge in [0.1, 0.15) is 0 Å². The van der Waals surface area contributed by atoms with Crippen molar-refractivity contribution in [3.63, 3.8) is 0 Å². The van der Waals surface area contributed by atoms with E-state index in [2.05, 4.69) is 32.3 Å². The zero-order chi connectivity index (χ0) is 9.84. The van der Waals surface area contributed by atoms with Crippen molar-refractivity contribution in [3.05, 3.63) is 24.4 Å². The molecule has 1 heteroatoms. The van der Waals surface area contributed by atoms with Crippen LogP contribution in [0.5, 0.6) is 0 Å². The lowest BCUT2D eigenvalue weighted by Gasteiger charge is -2.17. The highest BCUT2D eigenvalue weighted by Crippen LogP contribution is 2.37. The minimum Gasteiger partial charge on any atom is -0.386 e. The SMILES string of the molecule is C=C(NCC)C(=C)C(C)CC1CC1. The Kier molecular flexibility index (Phi) is 3.58. The predicted molar refractivity (Wildman–Crippen MR) is 58.5 cm³/mol. The summed E-state index contributed by atoms with van der Waals surface area (Å²) in [6, 6.07) is 0. The molecule has 0 radical (unpaired) electrons. The molecule has 0 bridgehead atoms. The number of likely N-dealkylation sites (N-methyl/N-ethyl adjacent to an activating group) is 1. The molecule has 0 aromatic heterocycles. The average Bonchev–Trinajstić information content (AvgIpc) is 2.87. The van der Waals surface area contributed by atoms with Crippen LogP contribution >= 0.6 is 0 Å². The fourth-order valence-electron chi connectivity index (χ4n) is 1.62. The Balaban J connectivity index is 2.31. The summed E-state index contributed by atoms with van der Waals surface area (Å²) in [6.07, 6.45) is 4.14. The van der Waals surface area contributed by atoms with Gasteiger partial charge < -0.3 is 5.32 Å². The monoisotopic (exact) mass is 179 g/mol. The van der Waals surface area contributed by atoms with Crippen molar-refractivity contribution in [1.82, 2.24) is 5.32 Å². The lowest BCUT2D eigenvalue weighted by Crippen LogP contribution is -2.16. The summed E-state index contributed by atoms with van der Waals surface area (Å²) in [4.78, 5) is 0. The van der Waals surface area contributed by atoms with Crippen LogP contribution in [0.2, 0.25) is 0 Å². The molecule has 1 aliphatic rings. The first-order chi connectivity index (χ1) is 6.15. The van der Waals surface area contributed by atoms with Crippen molar-refractivity contribution in [1.29, 1.82) is 0 Å². The molecule has 0 spiro atoms. The molecule has 0 amide bonds. The van der Waals surface area contributed by atoms with E-state index in [1.54, 1.807) is 0 Å². The third-order valence-corrected chi connectivity index (χ3v) is 2.76. The second kappa shape index (κ2) is 4.50. The summed E-state index contributed by atoms with van der Waals surface area (Å²) in [5, 5.41) is 3.23. The highest BCUT2D eigenvalue weighted by atomic mass is 14.9. The molecule has 0 aromatic carbocycles. The van der Waals surface area contributed by atoms with E-state index in [4.69, 9.17) is 0 Å². The Morgan fingerprint density at radius 1 is 1.46 bits per heavy atom. The molecule has 0 saturated heterocycles. The topological polar surface area (TPSA) is 12.0 Å². The standard InChI is InChI=1S/C12H21N/c1-5-13-11(4)10(3)9(2)8-12-6-7-12/h9,12-13H,3-8H2,1-2H3. The largest absolute Gasteiger partial charge is 0.386 e. The quantitative estimate of drug-likeness (QED) is 0.618. The predicted octanol–water partition coefficient (Wildman–Crippen LogP) is 3.10. The zero-order valence-corrected chi connectivity index (χ0v) is 8.90. The first kappa shape index (κ1) is 10.4. The van der Waals surface area contributed by atoms with Crippen molar-refractivity contribution < 1.29 is 0 Å². The summed E-state index contributed by atoms with van der Waals surface area (Å²) < 4.78 is 0. The van der Waals surface area contributed by atoms with E-state index < -0.39 is 0 Å². The van der Waals surface area contributed by atoms with E-state index >= 15 is 0 Å². The number of nitrogens with one attached hydrogen (secondary N) is 1. The van der Waals surface area contributed by atoms with Crippen LogP contribution in [0.25, 0.3) is 0 Å². The smallest absolute Gasteiger partial charge is 0.0296 e. The van der Waals surface area contributed by atoms with Gasteiger partial charge in [-0.15, -0.1) is 0 Å². The first-order valence-corrected chi connectivity index (χ1v) is 5.27. The molecule has 1 N–H and O–H groups in total. The van der Waals surface area contributed by atoms with Gasteiger partial charge in [0.05, 0.1) is 0 Å². The molecule has 1 unspecified atom stereocenters. The van der Waals surface area contributed by atoms with Gasteiger partial charge in [-0.05, 0) is 30.8 Å². The summed E-state index contributed by atoms with van der Waals surface area (Å²) in [5.41, 5.74) is 2.21. The second-order valence-corrected chi connectivity index (χ2v) is 4.11. The normalized spacial score (nSPS) is 18.0. The maximum Gasteiger partial charge on any atom is 0.0296 e. The number of hydrogen-bond acceptors (Lipinski definition) is 1. The van der Waals surface area contributed by atoms with E-state index in [9.17, 15) is 0 Å². The van der Waals surface area contributed by atoms with Gasteiger partial charge in [-0.1, -0.05) is 32.9 Å². The van der Waals surface area contributed by atoms with Crippen molar-refractivity contribution in [2.24, 2.45) is 11.8 Å². The molecule has 1 fully saturated rings. The Bertz CT molecular complexity index is 201. The molecule has 1 aliphatic carbocycles. The van der Waals surface area contributed by atoms with Gasteiger partial charge in [0.25, 0.3) is 0 Å². The lowest BCUT2D eigenvalue weighted by molar-refractivity contribution is 0.563. The maximum absolute atomic E-state index is 4.09. The minimum atomic E-state index is 0.596. The Labute approximate surface area is 81.9 Å². The third kappa shape index (κ3) is 3.25. The summed E-state index contributed by atoms with van der Waals surface area (Å²) >= 11 is 0. The van der Waals surface area contributed by atoms with Crippen molar-refractivity contribution in [3.8, 4) is 0 Å². The van der Waals surface area contributed by atoms with Gasteiger partial charge in [-0.3, -0.25) is 0 Å². The highest BCUT2D eigenvalue weighted by Gasteiger charge is 2.24. The van der Waals surface area contributed by atoms with Crippen LogP contribution < -0.4 is 5.32 Å². The van der Waals surface area contributed by atoms with Crippen LogP contribution in [0, 0.1) is 11.8 Å². The fraction of sp³-hybridized carbons (Fsp3) is 0.667. The van der Waals surface area contributed by atoms with Crippen LogP contribution in [0.3, 0.4) is 0 Å². The van der Waals surface area contributed by atoms with Crippen molar-refractivity contribution in [2.75, 3.05) is 6.54 Å². The van der Waals surface area contributed by atoms with Crippen molar-refractivity contribution in [2.45, 2.75) is 33.1 Å². The number of allylic oxidation sites excluding steroid dienone is 1. The van der Waals surface area contributed by atoms with Gasteiger partial charge in [-0.2, -0.15) is 0 Å². The third-order valence-electron chi connectivity index (χ3n) is 2.76. The molecule has 0 aromatic rings. The Morgan fingerprint density at radius 2 is 2.08 bits per heavy atom. The van der Waals surface area contributed by atoms with E-state index in [1.807, 2.05) is 0 Å². The zero-order valence-electron chi connectivity index (χ0n) is 8.90. The average molecular weight is 179 g/mol. The van der Waals surface area contributed by atoms with Crippen LogP contribution in [0.4, 0.5) is 0 Å². The summed E-state index contributed by atoms with van der Waals surface area (Å²) in [7, 11) is 0. The van der Waals surface area contributed by atoms with Gasteiger partial charge in [0.15, 0.2) is 0 Å². The first-order valence-electron chi connectivity index (χ1n) is 5.27. The molecule has 74 valence electrons. The molecule has 1 nitrogen and oxygen atoms in total. The molecular formula is C12H21N. The number of hydrogen-bond donors (Lipinski definition) is 1. The molecule has 1 rings (SSSR count). The molecule has 0 heterocycles. The minimum absolute atomic E-state index is 0.596. The molecular weight excluding hydrogens is 158 g/mol. The van der Waals surface area contributed by atoms with E-state index in [0.29, 0.717) is 5.92 Å². The van der Waals surface area contributed by atoms with Gasteiger partial charge in [-0.25, -0.2) is 0 Å². The molecule has 1 atom stereocenters. The molecule has 1 saturated carbocycles.